The van der Waals surface area contributed by atoms with Gasteiger partial charge in [-0.1, -0.05) is 84.9 Å². The molecule has 410 valence electrons. The Bertz CT molecular complexity index is 5200. The van der Waals surface area contributed by atoms with Gasteiger partial charge >= 0.3 is 12.4 Å². The highest BCUT2D eigenvalue weighted by molar-refractivity contribution is 6.14. The number of nitrogens with zero attached hydrogens (tertiary/aromatic N) is 11. The Kier molecular flexibility index (Phi) is 13.3. The minimum Gasteiger partial charge on any atom is -0.308 e. The van der Waals surface area contributed by atoms with Crippen LogP contribution in [0.15, 0.2) is 176 Å². The van der Waals surface area contributed by atoms with Crippen LogP contribution in [0.3, 0.4) is 0 Å². The number of benzene rings is 10. The lowest BCUT2D eigenvalue weighted by Crippen LogP contribution is -2.16. The van der Waals surface area contributed by atoms with Crippen LogP contribution in [-0.2, 0) is 12.4 Å². The highest BCUT2D eigenvalue weighted by Crippen LogP contribution is 2.50. The molecule has 0 bridgehead atoms. The van der Waals surface area contributed by atoms with E-state index in [1.54, 1.807) is 89.5 Å². The van der Waals surface area contributed by atoms with E-state index in [1.807, 2.05) is 24.3 Å². The molecular weight excluding hydrogens is 1120 g/mol. The van der Waals surface area contributed by atoms with Gasteiger partial charge in [-0.2, -0.15) is 73.7 Å². The zero-order valence-corrected chi connectivity index (χ0v) is 44.9. The van der Waals surface area contributed by atoms with Crippen LogP contribution < -0.4 is 0 Å². The topological polar surface area (TPSA) is 224 Å². The van der Waals surface area contributed by atoms with E-state index in [9.17, 15) is 47.4 Å². The molecule has 0 aliphatic rings. The zero-order valence-electron chi connectivity index (χ0n) is 44.9. The summed E-state index contributed by atoms with van der Waals surface area (Å²) in [6.07, 6.45) is -10.9. The highest BCUT2D eigenvalue weighted by Gasteiger charge is 2.42. The number of aromatic nitrogens is 2. The van der Waals surface area contributed by atoms with Crippen LogP contribution in [-0.4, -0.2) is 9.13 Å². The summed E-state index contributed by atoms with van der Waals surface area (Å²) in [6.45, 7) is 0. The summed E-state index contributed by atoms with van der Waals surface area (Å²) in [5, 5.41) is 94.7. The molecule has 0 atom stereocenters. The SMILES string of the molecule is N#Cc1ccc(-c2ccc3c4ccc(-c5ccc(C#N)cc5C#N)cc4n(-c4ccc(-c5c(C(F)(F)F)cccc5C(F)(F)F)c(-n5c6cc(-c7ccc(C#N)cc7C#N)ccc6c6ccc(-c7ccc(C#N)cc7C#N)cc65)c4C#N)c3c2)c(C#N)c1. The molecule has 0 aliphatic heterocycles. The third-order valence-electron chi connectivity index (χ3n) is 15.5. The van der Waals surface area contributed by atoms with Crippen molar-refractivity contribution in [3.05, 3.63) is 237 Å². The zero-order chi connectivity index (χ0) is 61.9. The van der Waals surface area contributed by atoms with Crippen LogP contribution in [0.2, 0.25) is 0 Å². The molecule has 0 aliphatic carbocycles. The predicted molar refractivity (Wildman–Crippen MR) is 315 cm³/mol. The minimum atomic E-state index is -5.44. The average Bonchev–Trinajstić information content (AvgIpc) is 1.70. The van der Waals surface area contributed by atoms with Gasteiger partial charge in [-0.25, -0.2) is 0 Å². The number of fused-ring (bicyclic) bond motifs is 6. The molecule has 0 spiro atoms. The fourth-order valence-corrected chi connectivity index (χ4v) is 11.7. The monoisotopic (exact) mass is 1150 g/mol. The summed E-state index contributed by atoms with van der Waals surface area (Å²) >= 11 is 0. The standard InChI is InChI=1S/C71H29F6N11/c72-70(73,74)61-2-1-3-62(71(75,76)77)68(61)59-20-21-63(87-64-26-43(51-12-4-39(30-78)22-47(51)34-82)8-16-55(64)56-17-9-44(27-65(56)87)52-13-5-40(31-79)23-48(52)35-83)60(38-86)69(59)88-66-28-45(53-14-6-41(32-80)24-49(53)36-84)10-18-57(66)58-19-11-46(29-67(58)88)54-15-7-42(33-81)25-50(54)37-85/h1-29H. The molecule has 0 radical (unpaired) electrons. The molecule has 17 heteroatoms. The van der Waals surface area contributed by atoms with Gasteiger partial charge in [0.2, 0.25) is 0 Å². The van der Waals surface area contributed by atoms with Crippen LogP contribution in [0.1, 0.15) is 61.2 Å². The number of alkyl halides is 6. The van der Waals surface area contributed by atoms with E-state index in [4.69, 9.17) is 0 Å². The largest absolute Gasteiger partial charge is 0.417 e. The van der Waals surface area contributed by atoms with Gasteiger partial charge < -0.3 is 9.13 Å². The number of hydrogen-bond donors (Lipinski definition) is 0. The average molecular weight is 1150 g/mol. The summed E-state index contributed by atoms with van der Waals surface area (Å²) in [7, 11) is 0. The summed E-state index contributed by atoms with van der Waals surface area (Å²) in [4.78, 5) is 0. The first-order valence-corrected chi connectivity index (χ1v) is 26.3. The van der Waals surface area contributed by atoms with E-state index in [0.717, 1.165) is 6.07 Å². The first-order valence-electron chi connectivity index (χ1n) is 26.3. The molecule has 0 amide bonds. The molecule has 11 nitrogen and oxygen atoms in total. The summed E-state index contributed by atoms with van der Waals surface area (Å²) in [5.41, 5.74) is -1.59. The van der Waals surface area contributed by atoms with Crippen LogP contribution in [0.5, 0.6) is 0 Å². The number of rotatable bonds is 7. The second kappa shape index (κ2) is 21.2. The summed E-state index contributed by atoms with van der Waals surface area (Å²) in [5.74, 6) is 0. The molecule has 88 heavy (non-hydrogen) atoms. The van der Waals surface area contributed by atoms with Gasteiger partial charge in [0.1, 0.15) is 11.6 Å². The third kappa shape index (κ3) is 9.03. The van der Waals surface area contributed by atoms with Gasteiger partial charge in [0.05, 0.1) is 138 Å². The summed E-state index contributed by atoms with van der Waals surface area (Å²) < 4.78 is 97.7. The first-order chi connectivity index (χ1) is 42.5. The van der Waals surface area contributed by atoms with Gasteiger partial charge in [0, 0.05) is 32.7 Å². The maximum absolute atomic E-state index is 15.8. The molecule has 12 rings (SSSR count). The van der Waals surface area contributed by atoms with Crippen molar-refractivity contribution in [1.82, 2.24) is 9.13 Å². The first kappa shape index (κ1) is 55.3. The van der Waals surface area contributed by atoms with Crippen molar-refractivity contribution >= 4 is 43.6 Å². The van der Waals surface area contributed by atoms with E-state index in [1.165, 1.54) is 71.3 Å². The van der Waals surface area contributed by atoms with Crippen molar-refractivity contribution in [2.75, 3.05) is 0 Å². The minimum absolute atomic E-state index is 0.0541. The molecule has 12 aromatic rings. The van der Waals surface area contributed by atoms with Gasteiger partial charge in [0.15, 0.2) is 0 Å². The lowest BCUT2D eigenvalue weighted by Gasteiger charge is -2.24. The number of nitriles is 9. The molecule has 0 saturated carbocycles. The van der Waals surface area contributed by atoms with Gasteiger partial charge in [-0.3, -0.25) is 0 Å². The maximum atomic E-state index is 15.8. The molecule has 2 heterocycles. The van der Waals surface area contributed by atoms with Crippen molar-refractivity contribution in [2.45, 2.75) is 12.4 Å². The van der Waals surface area contributed by atoms with Crippen molar-refractivity contribution < 1.29 is 26.3 Å². The van der Waals surface area contributed by atoms with Crippen LogP contribution in [0, 0.1) is 102 Å². The van der Waals surface area contributed by atoms with Crippen molar-refractivity contribution in [3.8, 4) is 122 Å². The lowest BCUT2D eigenvalue weighted by molar-refractivity contribution is -0.142. The molecule has 0 N–H and O–H groups in total. The fraction of sp³-hybridized carbons (Fsp3) is 0.0282. The quantitative estimate of drug-likeness (QED) is 0.138. The highest BCUT2D eigenvalue weighted by atomic mass is 19.4. The second-order valence-electron chi connectivity index (χ2n) is 20.2. The molecular formula is C71H29F6N11. The Balaban J connectivity index is 1.30. The van der Waals surface area contributed by atoms with Crippen molar-refractivity contribution in [2.24, 2.45) is 0 Å². The predicted octanol–water partition coefficient (Wildman–Crippen LogP) is 17.1. The smallest absolute Gasteiger partial charge is 0.308 e. The third-order valence-corrected chi connectivity index (χ3v) is 15.5. The van der Waals surface area contributed by atoms with Crippen LogP contribution >= 0.6 is 0 Å². The Hall–Kier alpha value is -13.2. The molecule has 0 saturated heterocycles. The van der Waals surface area contributed by atoms with Gasteiger partial charge in [-0.15, -0.1) is 0 Å². The maximum Gasteiger partial charge on any atom is 0.417 e. The van der Waals surface area contributed by atoms with Crippen molar-refractivity contribution in [1.29, 1.82) is 47.4 Å². The van der Waals surface area contributed by atoms with Gasteiger partial charge in [-0.05, 0) is 136 Å². The normalized spacial score (nSPS) is 11.2. The van der Waals surface area contributed by atoms with Crippen LogP contribution in [0.25, 0.3) is 111 Å². The Labute approximate surface area is 495 Å². The van der Waals surface area contributed by atoms with E-state index < -0.39 is 45.9 Å². The molecule has 0 fully saturated rings. The molecule has 2 aromatic heterocycles. The van der Waals surface area contributed by atoms with E-state index in [-0.39, 0.29) is 61.2 Å². The fourth-order valence-electron chi connectivity index (χ4n) is 11.7. The molecule has 0 unspecified atom stereocenters. The lowest BCUT2D eigenvalue weighted by atomic mass is 9.90. The van der Waals surface area contributed by atoms with E-state index >= 15 is 26.3 Å². The van der Waals surface area contributed by atoms with Crippen LogP contribution in [0.4, 0.5) is 26.3 Å². The van der Waals surface area contributed by atoms with E-state index in [0.29, 0.717) is 95.3 Å². The Morgan fingerprint density at radius 2 is 0.602 bits per heavy atom. The number of halogens is 6. The van der Waals surface area contributed by atoms with E-state index in [2.05, 4.69) is 30.3 Å². The molecule has 10 aromatic carbocycles. The second-order valence-corrected chi connectivity index (χ2v) is 20.2. The van der Waals surface area contributed by atoms with Gasteiger partial charge in [0.25, 0.3) is 0 Å². The number of hydrogen-bond acceptors (Lipinski definition) is 9. The summed E-state index contributed by atoms with van der Waals surface area (Å²) in [6, 6.07) is 60.7. The Morgan fingerprint density at radius 1 is 0.295 bits per heavy atom. The van der Waals surface area contributed by atoms with Crippen molar-refractivity contribution in [3.63, 3.8) is 0 Å². The Morgan fingerprint density at radius 3 is 0.886 bits per heavy atom.